The van der Waals surface area contributed by atoms with Crippen LogP contribution in [0.25, 0.3) is 0 Å². The van der Waals surface area contributed by atoms with Gasteiger partial charge in [-0.1, -0.05) is 12.1 Å². The zero-order valence-electron chi connectivity index (χ0n) is 13.3. The fourth-order valence-corrected chi connectivity index (χ4v) is 2.51. The number of carbonyl (C=O) groups is 3. The van der Waals surface area contributed by atoms with E-state index >= 15 is 0 Å². The number of nitrogens with zero attached hydrogens (tertiary/aromatic N) is 1. The van der Waals surface area contributed by atoms with E-state index < -0.39 is 23.7 Å². The number of carboxylic acid groups (broad SMARTS) is 1. The molecule has 2 N–H and O–H groups in total. The largest absolute Gasteiger partial charge is 0.480 e. The van der Waals surface area contributed by atoms with Crippen molar-refractivity contribution >= 4 is 24.2 Å². The van der Waals surface area contributed by atoms with Crippen LogP contribution in [0.5, 0.6) is 0 Å². The van der Waals surface area contributed by atoms with Crippen LogP contribution in [0.15, 0.2) is 18.2 Å². The lowest BCUT2D eigenvalue weighted by Gasteiger charge is -2.32. The Morgan fingerprint density at radius 1 is 1.39 bits per heavy atom. The molecule has 0 fully saturated rings. The van der Waals surface area contributed by atoms with Gasteiger partial charge in [0.25, 0.3) is 0 Å². The van der Waals surface area contributed by atoms with Crippen molar-refractivity contribution in [1.82, 2.24) is 4.90 Å². The number of carbonyl (C=O) groups excluding carboxylic acids is 2. The van der Waals surface area contributed by atoms with E-state index in [-0.39, 0.29) is 13.0 Å². The van der Waals surface area contributed by atoms with Crippen LogP contribution >= 0.6 is 0 Å². The number of amides is 2. The first-order valence-corrected chi connectivity index (χ1v) is 7.26. The standard InChI is InChI=1S/C16H20N2O5/c1-16(2,3)23-15(22)17-12-6-4-5-10-8-18(9-19)13(14(20)21)7-11(10)12/h4-6,9,13H,7-8H2,1-3H3,(H,17,22)(H,20,21). The maximum absolute atomic E-state index is 11.9. The van der Waals surface area contributed by atoms with E-state index in [0.29, 0.717) is 17.7 Å². The number of aliphatic carboxylic acids is 1. The maximum Gasteiger partial charge on any atom is 0.412 e. The van der Waals surface area contributed by atoms with E-state index in [1.807, 2.05) is 6.07 Å². The molecule has 1 aromatic carbocycles. The second-order valence-corrected chi connectivity index (χ2v) is 6.41. The molecule has 7 nitrogen and oxygen atoms in total. The summed E-state index contributed by atoms with van der Waals surface area (Å²) in [4.78, 5) is 35.6. The smallest absolute Gasteiger partial charge is 0.412 e. The van der Waals surface area contributed by atoms with Crippen molar-refractivity contribution < 1.29 is 24.2 Å². The first-order chi connectivity index (χ1) is 10.7. The van der Waals surface area contributed by atoms with E-state index in [1.165, 1.54) is 4.90 Å². The Morgan fingerprint density at radius 3 is 2.65 bits per heavy atom. The van der Waals surface area contributed by atoms with Crippen molar-refractivity contribution in [3.05, 3.63) is 29.3 Å². The molecule has 0 bridgehead atoms. The summed E-state index contributed by atoms with van der Waals surface area (Å²) in [5.74, 6) is -1.07. The topological polar surface area (TPSA) is 95.9 Å². The van der Waals surface area contributed by atoms with Crippen LogP contribution in [0.4, 0.5) is 10.5 Å². The van der Waals surface area contributed by atoms with Gasteiger partial charge >= 0.3 is 12.1 Å². The van der Waals surface area contributed by atoms with Gasteiger partial charge in [-0.15, -0.1) is 0 Å². The highest BCUT2D eigenvalue weighted by molar-refractivity contribution is 5.87. The Kier molecular flexibility index (Phi) is 4.58. The predicted octanol–water partition coefficient (Wildman–Crippen LogP) is 2.00. The number of hydrogen-bond donors (Lipinski definition) is 2. The Morgan fingerprint density at radius 2 is 2.09 bits per heavy atom. The number of hydrogen-bond acceptors (Lipinski definition) is 4. The molecule has 0 saturated heterocycles. The Labute approximate surface area is 134 Å². The summed E-state index contributed by atoms with van der Waals surface area (Å²) < 4.78 is 5.22. The van der Waals surface area contributed by atoms with Gasteiger partial charge in [0, 0.05) is 18.7 Å². The van der Waals surface area contributed by atoms with E-state index in [0.717, 1.165) is 5.56 Å². The summed E-state index contributed by atoms with van der Waals surface area (Å²) in [5, 5.41) is 11.9. The van der Waals surface area contributed by atoms with E-state index in [4.69, 9.17) is 4.74 Å². The minimum absolute atomic E-state index is 0.134. The molecule has 0 spiro atoms. The molecule has 23 heavy (non-hydrogen) atoms. The van der Waals surface area contributed by atoms with Crippen molar-refractivity contribution in [3.8, 4) is 0 Å². The number of benzene rings is 1. The molecule has 1 aliphatic heterocycles. The lowest BCUT2D eigenvalue weighted by Crippen LogP contribution is -2.45. The van der Waals surface area contributed by atoms with Crippen LogP contribution in [-0.2, 0) is 27.3 Å². The number of carboxylic acids is 1. The fraction of sp³-hybridized carbons (Fsp3) is 0.438. The summed E-state index contributed by atoms with van der Waals surface area (Å²) in [5.41, 5.74) is 1.40. The molecule has 2 rings (SSSR count). The molecule has 0 saturated carbocycles. The van der Waals surface area contributed by atoms with Crippen molar-refractivity contribution in [2.45, 2.75) is 45.4 Å². The van der Waals surface area contributed by atoms with Gasteiger partial charge in [-0.2, -0.15) is 0 Å². The summed E-state index contributed by atoms with van der Waals surface area (Å²) in [7, 11) is 0. The molecule has 124 valence electrons. The van der Waals surface area contributed by atoms with Crippen LogP contribution in [0.2, 0.25) is 0 Å². The molecule has 1 atom stereocenters. The first-order valence-electron chi connectivity index (χ1n) is 7.26. The molecule has 1 heterocycles. The van der Waals surface area contributed by atoms with Crippen molar-refractivity contribution in [1.29, 1.82) is 0 Å². The number of fused-ring (bicyclic) bond motifs is 1. The summed E-state index contributed by atoms with van der Waals surface area (Å²) in [6.07, 6.45) is 0.0704. The predicted molar refractivity (Wildman–Crippen MR) is 83.0 cm³/mol. The molecule has 2 amide bonds. The summed E-state index contributed by atoms with van der Waals surface area (Å²) in [6, 6.07) is 4.31. The van der Waals surface area contributed by atoms with Gasteiger partial charge in [0.2, 0.25) is 6.41 Å². The Hall–Kier alpha value is -2.57. The van der Waals surface area contributed by atoms with Crippen molar-refractivity contribution in [2.75, 3.05) is 5.32 Å². The van der Waals surface area contributed by atoms with Gasteiger partial charge in [-0.05, 0) is 38.0 Å². The number of anilines is 1. The summed E-state index contributed by atoms with van der Waals surface area (Å²) >= 11 is 0. The van der Waals surface area contributed by atoms with Gasteiger partial charge in [-0.3, -0.25) is 10.1 Å². The Bertz CT molecular complexity index is 636. The van der Waals surface area contributed by atoms with Crippen LogP contribution in [0, 0.1) is 0 Å². The molecular formula is C16H20N2O5. The van der Waals surface area contributed by atoms with Crippen molar-refractivity contribution in [3.63, 3.8) is 0 Å². The second kappa shape index (κ2) is 6.28. The van der Waals surface area contributed by atoms with Gasteiger partial charge < -0.3 is 14.7 Å². The number of rotatable bonds is 3. The van der Waals surface area contributed by atoms with Crippen LogP contribution < -0.4 is 5.32 Å². The minimum atomic E-state index is -1.07. The highest BCUT2D eigenvalue weighted by Crippen LogP contribution is 2.29. The van der Waals surface area contributed by atoms with E-state index in [9.17, 15) is 19.5 Å². The average Bonchev–Trinajstić information content (AvgIpc) is 2.44. The van der Waals surface area contributed by atoms with E-state index in [2.05, 4.69) is 5.32 Å². The van der Waals surface area contributed by atoms with Gasteiger partial charge in [0.1, 0.15) is 11.6 Å². The molecular weight excluding hydrogens is 300 g/mol. The molecule has 0 radical (unpaired) electrons. The minimum Gasteiger partial charge on any atom is -0.480 e. The highest BCUT2D eigenvalue weighted by Gasteiger charge is 2.32. The molecule has 1 aliphatic rings. The third-order valence-electron chi connectivity index (χ3n) is 3.48. The molecule has 7 heteroatoms. The van der Waals surface area contributed by atoms with Gasteiger partial charge in [0.15, 0.2) is 0 Å². The molecule has 0 aliphatic carbocycles. The van der Waals surface area contributed by atoms with Crippen molar-refractivity contribution in [2.24, 2.45) is 0 Å². The highest BCUT2D eigenvalue weighted by atomic mass is 16.6. The lowest BCUT2D eigenvalue weighted by molar-refractivity contribution is -0.147. The first kappa shape index (κ1) is 16.8. The second-order valence-electron chi connectivity index (χ2n) is 6.41. The molecule has 0 aromatic heterocycles. The Balaban J connectivity index is 2.27. The monoisotopic (exact) mass is 320 g/mol. The van der Waals surface area contributed by atoms with Crippen LogP contribution in [0.1, 0.15) is 31.9 Å². The normalized spacial score (nSPS) is 17.2. The van der Waals surface area contributed by atoms with Crippen LogP contribution in [0.3, 0.4) is 0 Å². The fourth-order valence-electron chi connectivity index (χ4n) is 2.51. The number of ether oxygens (including phenoxy) is 1. The van der Waals surface area contributed by atoms with Gasteiger partial charge in [0.05, 0.1) is 0 Å². The third kappa shape index (κ3) is 4.00. The molecule has 1 aromatic rings. The number of nitrogens with one attached hydrogen (secondary N) is 1. The third-order valence-corrected chi connectivity index (χ3v) is 3.48. The summed E-state index contributed by atoms with van der Waals surface area (Å²) in [6.45, 7) is 5.47. The SMILES string of the molecule is CC(C)(C)OC(=O)Nc1cccc2c1CC(C(=O)O)N(C=O)C2. The van der Waals surface area contributed by atoms with Gasteiger partial charge in [-0.25, -0.2) is 9.59 Å². The van der Waals surface area contributed by atoms with Crippen LogP contribution in [-0.4, -0.2) is 40.1 Å². The lowest BCUT2D eigenvalue weighted by atomic mass is 9.93. The quantitative estimate of drug-likeness (QED) is 0.830. The maximum atomic E-state index is 11.9. The zero-order valence-corrected chi connectivity index (χ0v) is 13.3. The zero-order chi connectivity index (χ0) is 17.2. The average molecular weight is 320 g/mol. The molecule has 1 unspecified atom stereocenters. The van der Waals surface area contributed by atoms with E-state index in [1.54, 1.807) is 32.9 Å².